The van der Waals surface area contributed by atoms with E-state index >= 15 is 0 Å². The van der Waals surface area contributed by atoms with Crippen molar-refractivity contribution in [2.75, 3.05) is 13.7 Å². The Kier molecular flexibility index (Phi) is 12.2. The van der Waals surface area contributed by atoms with E-state index in [9.17, 15) is 27.6 Å². The number of pyridine rings is 1. The number of methoxy groups -OCH3 is 1. The van der Waals surface area contributed by atoms with Crippen LogP contribution in [0.4, 0.5) is 4.79 Å². The van der Waals surface area contributed by atoms with Gasteiger partial charge in [-0.25, -0.2) is 23.2 Å². The van der Waals surface area contributed by atoms with E-state index in [-0.39, 0.29) is 25.3 Å². The lowest BCUT2D eigenvalue weighted by Crippen LogP contribution is -2.58. The highest BCUT2D eigenvalue weighted by Crippen LogP contribution is 2.48. The van der Waals surface area contributed by atoms with E-state index in [4.69, 9.17) is 24.2 Å². The van der Waals surface area contributed by atoms with Crippen LogP contribution in [0.25, 0.3) is 21.6 Å². The number of thiazole rings is 1. The van der Waals surface area contributed by atoms with E-state index in [0.29, 0.717) is 65.2 Å². The maximum atomic E-state index is 14.8. The van der Waals surface area contributed by atoms with Crippen molar-refractivity contribution in [2.45, 2.75) is 146 Å². The van der Waals surface area contributed by atoms with E-state index < -0.39 is 73.8 Å². The summed E-state index contributed by atoms with van der Waals surface area (Å²) in [6.07, 6.45) is 6.57. The van der Waals surface area contributed by atoms with E-state index in [1.807, 2.05) is 42.7 Å². The van der Waals surface area contributed by atoms with Gasteiger partial charge in [-0.15, -0.1) is 11.3 Å². The number of ether oxygens (including phenoxy) is 3. The van der Waals surface area contributed by atoms with Gasteiger partial charge in [0.2, 0.25) is 21.8 Å². The predicted octanol–water partition coefficient (Wildman–Crippen LogP) is 6.43. The number of nitrogens with zero attached hydrogens (tertiary/aromatic N) is 3. The smallest absolute Gasteiger partial charge is 0.408 e. The minimum atomic E-state index is -4.01. The van der Waals surface area contributed by atoms with Crippen molar-refractivity contribution in [1.29, 1.82) is 0 Å². The molecule has 3 fully saturated rings. The Labute approximate surface area is 361 Å². The Morgan fingerprint density at radius 3 is 2.51 bits per heavy atom. The molecule has 0 unspecified atom stereocenters. The normalized spacial score (nSPS) is 26.0. The number of hydrogen-bond acceptors (Lipinski definition) is 12. The van der Waals surface area contributed by atoms with Crippen molar-refractivity contribution in [2.24, 2.45) is 5.92 Å². The van der Waals surface area contributed by atoms with Crippen molar-refractivity contribution < 1.29 is 41.8 Å². The number of carbonyl (C=O) groups excluding carboxylic acids is 4. The van der Waals surface area contributed by atoms with Crippen LogP contribution in [-0.2, 0) is 29.1 Å². The number of benzene rings is 1. The summed E-state index contributed by atoms with van der Waals surface area (Å²) in [6, 6.07) is 3.36. The molecule has 2 saturated carbocycles. The number of amides is 4. The van der Waals surface area contributed by atoms with Gasteiger partial charge >= 0.3 is 6.09 Å². The molecule has 3 aromatic rings. The molecule has 3 N–H and O–H groups in total. The van der Waals surface area contributed by atoms with Crippen LogP contribution in [0, 0.1) is 12.8 Å². The lowest BCUT2D eigenvalue weighted by atomic mass is 10.0. The highest BCUT2D eigenvalue weighted by molar-refractivity contribution is 7.91. The van der Waals surface area contributed by atoms with Gasteiger partial charge in [-0.2, -0.15) is 0 Å². The van der Waals surface area contributed by atoms with E-state index in [0.717, 1.165) is 24.1 Å². The SMILES string of the molecule is COc1ccc2c(O[C@@H]3C[C@H]4C(=O)N[C@]5(C(=O)NS(=O)(=O)C6(C)CC6)C[C@@H]5/C=C\CCCCC[C@H](NC(=O)OC(C)(C)C)C(=O)N4C3)cc(-c3nc(C(C)C)cs3)nc2c1C. The van der Waals surface area contributed by atoms with Gasteiger partial charge in [0, 0.05) is 34.7 Å². The second-order valence-electron chi connectivity index (χ2n) is 18.4. The van der Waals surface area contributed by atoms with Crippen molar-refractivity contribution in [3.8, 4) is 22.2 Å². The van der Waals surface area contributed by atoms with Crippen molar-refractivity contribution in [1.82, 2.24) is 30.2 Å². The largest absolute Gasteiger partial charge is 0.496 e. The Hall–Kier alpha value is -4.77. The molecule has 1 aromatic carbocycles. The van der Waals surface area contributed by atoms with Gasteiger partial charge in [0.25, 0.3) is 5.91 Å². The number of alkyl carbamates (subject to hydrolysis) is 1. The van der Waals surface area contributed by atoms with E-state index in [1.54, 1.807) is 34.8 Å². The molecule has 2 aliphatic carbocycles. The number of aryl methyl sites for hydroxylation is 1. The Balaban J connectivity index is 1.25. The minimum Gasteiger partial charge on any atom is -0.496 e. The van der Waals surface area contributed by atoms with Crippen LogP contribution in [0.15, 0.2) is 35.7 Å². The third-order valence-corrected chi connectivity index (χ3v) is 15.2. The molecular weight excluding hydrogens is 821 g/mol. The molecule has 4 amide bonds. The molecule has 330 valence electrons. The summed E-state index contributed by atoms with van der Waals surface area (Å²) in [7, 11) is -2.42. The molecule has 2 aromatic heterocycles. The second kappa shape index (κ2) is 16.8. The van der Waals surface area contributed by atoms with Crippen LogP contribution in [0.5, 0.6) is 11.5 Å². The first kappa shape index (κ1) is 44.3. The first-order chi connectivity index (χ1) is 28.7. The van der Waals surface area contributed by atoms with Gasteiger partial charge in [-0.05, 0) is 91.2 Å². The standard InChI is InChI=1S/C44H58N6O9S2/c1-25(2)32-24-60-38(46-32)31-21-35(29-16-17-34(57-8)26(3)36(29)45-31)58-28-20-33-37(51)48-44(40(53)49-61(55,56)43(7)18-19-43)22-27(44)14-12-10-9-11-13-15-30(39(52)50(33)23-28)47-41(54)59-42(4,5)6/h12,14,16-17,21,24-25,27-28,30,33H,9-11,13,15,18-20,22-23H2,1-8H3,(H,47,54)(H,48,51)(H,49,53)/b14-12-/t27-,28+,30-,33-,44+/m0/s1. The third kappa shape index (κ3) is 9.37. The van der Waals surface area contributed by atoms with Crippen LogP contribution >= 0.6 is 11.3 Å². The molecule has 7 rings (SSSR count). The van der Waals surface area contributed by atoms with E-state index in [2.05, 4.69) is 29.2 Å². The number of aromatic nitrogens is 2. The maximum absolute atomic E-state index is 14.8. The van der Waals surface area contributed by atoms with Crippen LogP contribution in [0.1, 0.15) is 117 Å². The summed E-state index contributed by atoms with van der Waals surface area (Å²) in [4.78, 5) is 67.9. The zero-order valence-electron chi connectivity index (χ0n) is 36.3. The molecule has 4 heterocycles. The predicted molar refractivity (Wildman–Crippen MR) is 232 cm³/mol. The average molecular weight is 879 g/mol. The molecule has 0 radical (unpaired) electrons. The van der Waals surface area contributed by atoms with Crippen molar-refractivity contribution in [3.05, 3.63) is 47.0 Å². The number of rotatable bonds is 9. The molecule has 0 bridgehead atoms. The Morgan fingerprint density at radius 1 is 1.08 bits per heavy atom. The Morgan fingerprint density at radius 2 is 1.84 bits per heavy atom. The summed E-state index contributed by atoms with van der Waals surface area (Å²) < 4.78 is 45.8. The Bertz CT molecular complexity index is 2350. The van der Waals surface area contributed by atoms with E-state index in [1.165, 1.54) is 16.2 Å². The zero-order chi connectivity index (χ0) is 44.1. The number of allylic oxidation sites excluding steroid dienone is 1. The van der Waals surface area contributed by atoms with Crippen LogP contribution < -0.4 is 24.8 Å². The number of sulfonamides is 1. The summed E-state index contributed by atoms with van der Waals surface area (Å²) in [5.74, 6) is -1.05. The summed E-state index contributed by atoms with van der Waals surface area (Å²) in [5, 5.41) is 9.11. The quantitative estimate of drug-likeness (QED) is 0.200. The van der Waals surface area contributed by atoms with Gasteiger partial charge in [0.15, 0.2) is 0 Å². The molecule has 15 nitrogen and oxygen atoms in total. The van der Waals surface area contributed by atoms with Gasteiger partial charge < -0.3 is 29.7 Å². The fourth-order valence-corrected chi connectivity index (χ4v) is 10.3. The van der Waals surface area contributed by atoms with Gasteiger partial charge in [0.05, 0.1) is 29.6 Å². The van der Waals surface area contributed by atoms with Crippen molar-refractivity contribution in [3.63, 3.8) is 0 Å². The second-order valence-corrected chi connectivity index (χ2v) is 21.5. The van der Waals surface area contributed by atoms with Crippen LogP contribution in [0.2, 0.25) is 0 Å². The topological polar surface area (TPSA) is 195 Å². The van der Waals surface area contributed by atoms with Crippen molar-refractivity contribution >= 4 is 56.1 Å². The summed E-state index contributed by atoms with van der Waals surface area (Å²) in [6.45, 7) is 12.8. The van der Waals surface area contributed by atoms with Gasteiger partial charge in [0.1, 0.15) is 51.5 Å². The van der Waals surface area contributed by atoms with Crippen LogP contribution in [-0.4, -0.2) is 94.8 Å². The first-order valence-electron chi connectivity index (χ1n) is 21.2. The van der Waals surface area contributed by atoms with Crippen LogP contribution in [0.3, 0.4) is 0 Å². The lowest BCUT2D eigenvalue weighted by Gasteiger charge is -2.30. The number of nitrogens with one attached hydrogen (secondary N) is 3. The molecule has 4 aliphatic rings. The first-order valence-corrected chi connectivity index (χ1v) is 23.6. The molecule has 1 saturated heterocycles. The molecule has 5 atom stereocenters. The minimum absolute atomic E-state index is 0.0261. The molecule has 17 heteroatoms. The monoisotopic (exact) mass is 878 g/mol. The zero-order valence-corrected chi connectivity index (χ0v) is 37.9. The van der Waals surface area contributed by atoms with Gasteiger partial charge in [-0.3, -0.25) is 19.1 Å². The molecular formula is C44H58N6O9S2. The lowest BCUT2D eigenvalue weighted by molar-refractivity contribution is -0.141. The fourth-order valence-electron chi connectivity index (χ4n) is 8.05. The fraction of sp³-hybridized carbons (Fsp3) is 0.591. The van der Waals surface area contributed by atoms with Gasteiger partial charge in [-0.1, -0.05) is 38.8 Å². The number of carbonyl (C=O) groups is 4. The summed E-state index contributed by atoms with van der Waals surface area (Å²) >= 11 is 1.48. The summed E-state index contributed by atoms with van der Waals surface area (Å²) in [5.41, 5.74) is 0.611. The molecule has 61 heavy (non-hydrogen) atoms. The maximum Gasteiger partial charge on any atom is 0.408 e. The number of fused-ring (bicyclic) bond motifs is 3. The molecule has 2 aliphatic heterocycles. The highest BCUT2D eigenvalue weighted by Gasteiger charge is 2.63. The number of hydrogen-bond donors (Lipinski definition) is 3. The third-order valence-electron chi connectivity index (χ3n) is 12.2. The highest BCUT2D eigenvalue weighted by atomic mass is 32.2. The average Bonchev–Trinajstić information content (AvgIpc) is 3.95. The molecule has 0 spiro atoms.